The molecule has 6 atom stereocenters. The van der Waals surface area contributed by atoms with Crippen molar-refractivity contribution in [2.75, 3.05) is 0 Å². The molecule has 2 bridgehead atoms. The molecule has 0 radical (unpaired) electrons. The fourth-order valence-electron chi connectivity index (χ4n) is 7.01. The van der Waals surface area contributed by atoms with Crippen molar-refractivity contribution in [1.82, 2.24) is 0 Å². The van der Waals surface area contributed by atoms with Crippen LogP contribution in [-0.4, -0.2) is 53.1 Å². The monoisotopic (exact) mass is 682 g/mol. The van der Waals surface area contributed by atoms with E-state index >= 15 is 0 Å². The second-order valence-electron chi connectivity index (χ2n) is 12.3. The van der Waals surface area contributed by atoms with Crippen LogP contribution < -0.4 is 14.2 Å². The highest BCUT2D eigenvalue weighted by atomic mass is 32.2. The van der Waals surface area contributed by atoms with Gasteiger partial charge in [-0.25, -0.2) is 0 Å². The number of fused-ring (bicyclic) bond motifs is 8. The molecule has 8 rings (SSSR count). The van der Waals surface area contributed by atoms with E-state index in [1.807, 2.05) is 30.3 Å². The average Bonchev–Trinajstić information content (AvgIpc) is 3.06. The van der Waals surface area contributed by atoms with Crippen molar-refractivity contribution in [2.24, 2.45) is 0 Å². The first-order chi connectivity index (χ1) is 23.6. The summed E-state index contributed by atoms with van der Waals surface area (Å²) in [7, 11) is 0. The van der Waals surface area contributed by atoms with Gasteiger partial charge >= 0.3 is 5.79 Å². The lowest BCUT2D eigenvalue weighted by molar-refractivity contribution is -0.219. The van der Waals surface area contributed by atoms with Gasteiger partial charge in [0, 0.05) is 40.6 Å². The lowest BCUT2D eigenvalue weighted by atomic mass is 9.74. The Hall–Kier alpha value is -5.43. The van der Waals surface area contributed by atoms with E-state index in [0.717, 1.165) is 11.6 Å². The normalized spacial score (nSPS) is 24.7. The lowest BCUT2D eigenvalue weighted by Gasteiger charge is -2.51. The zero-order valence-electron chi connectivity index (χ0n) is 25.5. The maximum atomic E-state index is 12.2. The highest BCUT2D eigenvalue weighted by Crippen LogP contribution is 2.64. The van der Waals surface area contributed by atoms with Crippen LogP contribution >= 0.6 is 11.8 Å². The van der Waals surface area contributed by atoms with Gasteiger partial charge in [0.2, 0.25) is 0 Å². The third kappa shape index (κ3) is 4.82. The first kappa shape index (κ1) is 30.9. The van der Waals surface area contributed by atoms with Crippen molar-refractivity contribution in [3.8, 4) is 51.7 Å². The van der Waals surface area contributed by atoms with Crippen LogP contribution in [0.2, 0.25) is 0 Å². The third-order valence-corrected chi connectivity index (χ3v) is 10.6. The smallest absolute Gasteiger partial charge is 0.305 e. The zero-order chi connectivity index (χ0) is 34.2. The molecule has 11 nitrogen and oxygen atoms in total. The first-order valence-electron chi connectivity index (χ1n) is 15.4. The Morgan fingerprint density at radius 2 is 1.33 bits per heavy atom. The van der Waals surface area contributed by atoms with E-state index in [2.05, 4.69) is 0 Å². The summed E-state index contributed by atoms with van der Waals surface area (Å²) in [5, 5.41) is 87.0. The van der Waals surface area contributed by atoms with Gasteiger partial charge < -0.3 is 55.1 Å². The largest absolute Gasteiger partial charge is 0.508 e. The van der Waals surface area contributed by atoms with Crippen molar-refractivity contribution in [3.05, 3.63) is 124 Å². The van der Waals surface area contributed by atoms with Gasteiger partial charge in [0.25, 0.3) is 0 Å². The summed E-state index contributed by atoms with van der Waals surface area (Å²) in [5.74, 6) is -4.28. The Morgan fingerprint density at radius 3 is 2.04 bits per heavy atom. The van der Waals surface area contributed by atoms with Crippen LogP contribution in [0.1, 0.15) is 50.7 Å². The van der Waals surface area contributed by atoms with Crippen molar-refractivity contribution >= 4 is 11.8 Å². The van der Waals surface area contributed by atoms with Crippen LogP contribution in [0, 0.1) is 0 Å². The van der Waals surface area contributed by atoms with Crippen LogP contribution in [0.3, 0.4) is 0 Å². The van der Waals surface area contributed by atoms with Gasteiger partial charge in [-0.1, -0.05) is 36.4 Å². The highest BCUT2D eigenvalue weighted by molar-refractivity contribution is 7.98. The van der Waals surface area contributed by atoms with E-state index in [1.165, 1.54) is 66.4 Å². The SMILES string of the molecule is Oc1ccc([C@]23Oc4cc(O)cc(O)c4[C@H](c4c(cc(O)c5c4O[C@H](c4ccc(O)c(O)c4)[C@H](O)[C@H]5SCc4ccccc4)O2)[C@H]3O)cc1. The number of benzene rings is 5. The molecule has 3 aliphatic heterocycles. The van der Waals surface area contributed by atoms with Crippen molar-refractivity contribution in [2.45, 2.75) is 41.0 Å². The van der Waals surface area contributed by atoms with Crippen LogP contribution in [0.5, 0.6) is 51.7 Å². The molecule has 49 heavy (non-hydrogen) atoms. The maximum absolute atomic E-state index is 12.2. The Morgan fingerprint density at radius 1 is 0.633 bits per heavy atom. The Bertz CT molecular complexity index is 2090. The standard InChI is InChI=1S/C37H30O11S/c38-20-9-7-19(8-10-20)37-36(45)31(28-24(42)13-21(39)14-26(28)47-37)30-27(48-37)15-25(43)29-34(30)46-33(18-6-11-22(40)23(41)12-18)32(44)35(29)49-16-17-4-2-1-3-5-17/h1-15,31-33,35-36,38-45H,16H2/t31-,32+,33-,35+,36-,37+/m1/s1. The van der Waals surface area contributed by atoms with Crippen LogP contribution in [0.15, 0.2) is 91.0 Å². The fourth-order valence-corrected chi connectivity index (χ4v) is 8.31. The minimum atomic E-state index is -1.96. The summed E-state index contributed by atoms with van der Waals surface area (Å²) in [5.41, 5.74) is 2.18. The molecule has 3 aliphatic rings. The van der Waals surface area contributed by atoms with Gasteiger partial charge in [-0.05, 0) is 47.5 Å². The number of rotatable bonds is 5. The third-order valence-electron chi connectivity index (χ3n) is 9.27. The predicted octanol–water partition coefficient (Wildman–Crippen LogP) is 5.52. The molecule has 0 unspecified atom stereocenters. The average molecular weight is 683 g/mol. The number of aliphatic hydroxyl groups is 2. The minimum Gasteiger partial charge on any atom is -0.508 e. The molecule has 5 aromatic rings. The molecular formula is C37H30O11S. The number of aromatic hydroxyl groups is 6. The predicted molar refractivity (Wildman–Crippen MR) is 176 cm³/mol. The molecule has 8 N–H and O–H groups in total. The van der Waals surface area contributed by atoms with Gasteiger partial charge in [-0.2, -0.15) is 0 Å². The van der Waals surface area contributed by atoms with Crippen molar-refractivity contribution in [3.63, 3.8) is 0 Å². The Kier molecular flexibility index (Phi) is 7.14. The summed E-state index contributed by atoms with van der Waals surface area (Å²) in [4.78, 5) is 0. The molecular weight excluding hydrogens is 652 g/mol. The number of hydrogen-bond acceptors (Lipinski definition) is 12. The molecule has 0 aromatic heterocycles. The molecule has 0 fully saturated rings. The second kappa shape index (κ2) is 11.3. The van der Waals surface area contributed by atoms with Crippen molar-refractivity contribution < 1.29 is 55.1 Å². The molecule has 0 aliphatic carbocycles. The van der Waals surface area contributed by atoms with Crippen LogP contribution in [-0.2, 0) is 11.5 Å². The molecule has 12 heteroatoms. The quantitative estimate of drug-likeness (QED) is 0.109. The fraction of sp³-hybridized carbons (Fsp3) is 0.189. The van der Waals surface area contributed by atoms with E-state index in [0.29, 0.717) is 16.9 Å². The molecule has 5 aromatic carbocycles. The number of phenols is 6. The molecule has 0 saturated carbocycles. The van der Waals surface area contributed by atoms with E-state index < -0.39 is 41.0 Å². The van der Waals surface area contributed by atoms with E-state index in [-0.39, 0.29) is 62.7 Å². The van der Waals surface area contributed by atoms with E-state index in [4.69, 9.17) is 14.2 Å². The first-order valence-corrected chi connectivity index (χ1v) is 16.4. The number of aliphatic hydroxyl groups excluding tert-OH is 2. The van der Waals surface area contributed by atoms with Gasteiger partial charge in [-0.3, -0.25) is 0 Å². The lowest BCUT2D eigenvalue weighted by Crippen LogP contribution is -2.57. The van der Waals surface area contributed by atoms with E-state index in [9.17, 15) is 40.9 Å². The summed E-state index contributed by atoms with van der Waals surface area (Å²) in [6.07, 6.45) is -3.96. The van der Waals surface area contributed by atoms with Gasteiger partial charge in [0.1, 0.15) is 52.5 Å². The van der Waals surface area contributed by atoms with Crippen LogP contribution in [0.25, 0.3) is 0 Å². The molecule has 3 heterocycles. The maximum Gasteiger partial charge on any atom is 0.305 e. The molecule has 0 amide bonds. The highest BCUT2D eigenvalue weighted by Gasteiger charge is 2.60. The molecule has 250 valence electrons. The van der Waals surface area contributed by atoms with Crippen LogP contribution in [0.4, 0.5) is 0 Å². The Labute approximate surface area is 283 Å². The molecule has 0 spiro atoms. The summed E-state index contributed by atoms with van der Waals surface area (Å²) < 4.78 is 19.3. The van der Waals surface area contributed by atoms with Gasteiger partial charge in [0.15, 0.2) is 17.6 Å². The van der Waals surface area contributed by atoms with Crippen molar-refractivity contribution in [1.29, 1.82) is 0 Å². The van der Waals surface area contributed by atoms with Gasteiger partial charge in [0.05, 0.1) is 16.7 Å². The summed E-state index contributed by atoms with van der Waals surface area (Å²) in [6.45, 7) is 0. The number of ether oxygens (including phenoxy) is 3. The number of hydrogen-bond donors (Lipinski definition) is 8. The summed E-state index contributed by atoms with van der Waals surface area (Å²) >= 11 is 1.35. The second-order valence-corrected chi connectivity index (χ2v) is 13.4. The number of phenolic OH excluding ortho intramolecular Hbond substituents is 6. The summed E-state index contributed by atoms with van der Waals surface area (Å²) in [6, 6.07) is 23.2. The van der Waals surface area contributed by atoms with E-state index in [1.54, 1.807) is 0 Å². The number of thioether (sulfide) groups is 1. The Balaban J connectivity index is 1.36. The topological polar surface area (TPSA) is 190 Å². The zero-order valence-corrected chi connectivity index (χ0v) is 26.3. The molecule has 0 saturated heterocycles. The minimum absolute atomic E-state index is 0.0132. The van der Waals surface area contributed by atoms with Gasteiger partial charge in [-0.15, -0.1) is 11.8 Å².